The van der Waals surface area contributed by atoms with Crippen molar-refractivity contribution >= 4 is 17.3 Å². The number of aryl methyl sites for hydroxylation is 2. The zero-order valence-corrected chi connectivity index (χ0v) is 10.1. The Balaban J connectivity index is 2.07. The Morgan fingerprint density at radius 2 is 2.00 bits per heavy atom. The number of carboxylic acids is 1. The lowest BCUT2D eigenvalue weighted by Crippen LogP contribution is -2.00. The van der Waals surface area contributed by atoms with Crippen LogP contribution in [0.4, 0.5) is 0 Å². The van der Waals surface area contributed by atoms with Crippen LogP contribution in [0.25, 0.3) is 10.4 Å². The van der Waals surface area contributed by atoms with Crippen molar-refractivity contribution in [1.29, 1.82) is 0 Å². The monoisotopic (exact) mass is 244 g/mol. The highest BCUT2D eigenvalue weighted by molar-refractivity contribution is 7.15. The predicted molar refractivity (Wildman–Crippen MR) is 68.5 cm³/mol. The molecule has 0 unspecified atom stereocenters. The number of thiophene rings is 1. The lowest BCUT2D eigenvalue weighted by Gasteiger charge is -2.15. The smallest absolute Gasteiger partial charge is 0.308 e. The average molecular weight is 244 g/mol. The van der Waals surface area contributed by atoms with Crippen LogP contribution in [0.2, 0.25) is 0 Å². The molecule has 0 amide bonds. The number of rotatable bonds is 2. The van der Waals surface area contributed by atoms with Gasteiger partial charge in [0.2, 0.25) is 0 Å². The molecule has 1 N–H and O–H groups in total. The number of hydrogen-bond acceptors (Lipinski definition) is 2. The third-order valence-corrected chi connectivity index (χ3v) is 4.32. The van der Waals surface area contributed by atoms with E-state index >= 15 is 0 Å². The Morgan fingerprint density at radius 3 is 2.82 bits per heavy atom. The largest absolute Gasteiger partial charge is 0.481 e. The molecule has 1 aliphatic carbocycles. The summed E-state index contributed by atoms with van der Waals surface area (Å²) in [5.74, 6) is -0.753. The molecule has 0 bridgehead atoms. The molecule has 0 atom stereocenters. The Kier molecular flexibility index (Phi) is 2.48. The van der Waals surface area contributed by atoms with Crippen molar-refractivity contribution in [2.45, 2.75) is 19.3 Å². The summed E-state index contributed by atoms with van der Waals surface area (Å²) in [6, 6.07) is 10.5. The van der Waals surface area contributed by atoms with E-state index in [4.69, 9.17) is 5.11 Å². The molecule has 0 saturated heterocycles. The quantitative estimate of drug-likeness (QED) is 0.881. The van der Waals surface area contributed by atoms with E-state index in [1.165, 1.54) is 21.6 Å². The molecule has 3 heteroatoms. The summed E-state index contributed by atoms with van der Waals surface area (Å²) in [6.07, 6.45) is 2.23. The van der Waals surface area contributed by atoms with E-state index in [2.05, 4.69) is 24.3 Å². The van der Waals surface area contributed by atoms with Crippen LogP contribution in [0.5, 0.6) is 0 Å². The molecule has 3 rings (SSSR count). The van der Waals surface area contributed by atoms with Crippen LogP contribution >= 0.6 is 11.3 Å². The van der Waals surface area contributed by atoms with Gasteiger partial charge in [-0.25, -0.2) is 0 Å². The van der Waals surface area contributed by atoms with Gasteiger partial charge in [-0.05, 0) is 35.6 Å². The zero-order valence-electron chi connectivity index (χ0n) is 9.27. The molecule has 0 spiro atoms. The van der Waals surface area contributed by atoms with E-state index in [1.807, 2.05) is 6.07 Å². The fourth-order valence-corrected chi connectivity index (χ4v) is 3.63. The van der Waals surface area contributed by atoms with Crippen molar-refractivity contribution in [1.82, 2.24) is 0 Å². The molecule has 0 radical (unpaired) electrons. The van der Waals surface area contributed by atoms with Crippen LogP contribution < -0.4 is 0 Å². The topological polar surface area (TPSA) is 37.3 Å². The first-order valence-corrected chi connectivity index (χ1v) is 6.47. The van der Waals surface area contributed by atoms with Gasteiger partial charge in [0.1, 0.15) is 0 Å². The Labute approximate surface area is 104 Å². The third kappa shape index (κ3) is 1.87. The number of carboxylic acid groups (broad SMARTS) is 1. The molecule has 0 fully saturated rings. The first-order chi connectivity index (χ1) is 8.24. The number of benzene rings is 1. The minimum atomic E-state index is -0.753. The molecule has 1 aromatic heterocycles. The van der Waals surface area contributed by atoms with Gasteiger partial charge >= 0.3 is 5.97 Å². The molecule has 86 valence electrons. The lowest BCUT2D eigenvalue weighted by atomic mass is 9.91. The highest BCUT2D eigenvalue weighted by Gasteiger charge is 2.19. The normalized spacial score (nSPS) is 12.9. The molecule has 2 nitrogen and oxygen atoms in total. The van der Waals surface area contributed by atoms with Crippen LogP contribution in [0, 0.1) is 0 Å². The summed E-state index contributed by atoms with van der Waals surface area (Å²) in [5.41, 5.74) is 3.98. The van der Waals surface area contributed by atoms with Crippen LogP contribution in [-0.2, 0) is 24.1 Å². The van der Waals surface area contributed by atoms with E-state index in [1.54, 1.807) is 11.3 Å². The molecule has 1 aliphatic rings. The van der Waals surface area contributed by atoms with Gasteiger partial charge in [-0.15, -0.1) is 11.3 Å². The van der Waals surface area contributed by atoms with Crippen LogP contribution in [0.3, 0.4) is 0 Å². The summed E-state index contributed by atoms with van der Waals surface area (Å²) in [5, 5.41) is 8.83. The maximum Gasteiger partial charge on any atom is 0.308 e. The Bertz CT molecular complexity index is 584. The minimum Gasteiger partial charge on any atom is -0.481 e. The average Bonchev–Trinajstić information content (AvgIpc) is 2.70. The van der Waals surface area contributed by atoms with Gasteiger partial charge < -0.3 is 5.11 Å². The van der Waals surface area contributed by atoms with Crippen molar-refractivity contribution in [2.75, 3.05) is 0 Å². The Morgan fingerprint density at radius 1 is 1.24 bits per heavy atom. The number of hydrogen-bond donors (Lipinski definition) is 1. The zero-order chi connectivity index (χ0) is 11.8. The fraction of sp³-hybridized carbons (Fsp3) is 0.214. The van der Waals surface area contributed by atoms with Gasteiger partial charge in [-0.1, -0.05) is 24.3 Å². The van der Waals surface area contributed by atoms with Gasteiger partial charge in [0.25, 0.3) is 0 Å². The summed E-state index contributed by atoms with van der Waals surface area (Å²) in [7, 11) is 0. The Hall–Kier alpha value is -1.61. The lowest BCUT2D eigenvalue weighted by molar-refractivity contribution is -0.136. The maximum atomic E-state index is 10.7. The van der Waals surface area contributed by atoms with Crippen LogP contribution in [0.1, 0.15) is 16.0 Å². The molecular formula is C14H12O2S. The number of carbonyl (C=O) groups is 1. The molecule has 1 heterocycles. The SMILES string of the molecule is O=C(O)Cc1cc2c(s1)-c1ccccc1CC2. The van der Waals surface area contributed by atoms with E-state index < -0.39 is 5.97 Å². The standard InChI is InChI=1S/C14H12O2S/c15-13(16)8-11-7-10-6-5-9-3-1-2-4-12(9)14(10)17-11/h1-4,7H,5-6,8H2,(H,15,16). The summed E-state index contributed by atoms with van der Waals surface area (Å²) in [6.45, 7) is 0. The maximum absolute atomic E-state index is 10.7. The van der Waals surface area contributed by atoms with Crippen LogP contribution in [0.15, 0.2) is 30.3 Å². The molecule has 0 aliphatic heterocycles. The summed E-state index contributed by atoms with van der Waals surface area (Å²) < 4.78 is 0. The van der Waals surface area contributed by atoms with Crippen molar-refractivity contribution in [2.24, 2.45) is 0 Å². The second kappa shape index (κ2) is 4.00. The molecular weight excluding hydrogens is 232 g/mol. The molecule has 2 aromatic rings. The first-order valence-electron chi connectivity index (χ1n) is 5.65. The van der Waals surface area contributed by atoms with Gasteiger partial charge in [0.05, 0.1) is 6.42 Å². The molecule has 0 saturated carbocycles. The third-order valence-electron chi connectivity index (χ3n) is 3.11. The van der Waals surface area contributed by atoms with E-state index in [9.17, 15) is 4.79 Å². The van der Waals surface area contributed by atoms with Crippen LogP contribution in [-0.4, -0.2) is 11.1 Å². The summed E-state index contributed by atoms with van der Waals surface area (Å²) in [4.78, 5) is 13.0. The number of aliphatic carboxylic acids is 1. The number of fused-ring (bicyclic) bond motifs is 3. The summed E-state index contributed by atoms with van der Waals surface area (Å²) >= 11 is 1.63. The van der Waals surface area contributed by atoms with E-state index in [0.717, 1.165) is 17.7 Å². The molecule has 1 aromatic carbocycles. The highest BCUT2D eigenvalue weighted by atomic mass is 32.1. The predicted octanol–water partition coefficient (Wildman–Crippen LogP) is 3.14. The molecule has 17 heavy (non-hydrogen) atoms. The fourth-order valence-electron chi connectivity index (χ4n) is 2.36. The van der Waals surface area contributed by atoms with Crippen molar-refractivity contribution in [3.05, 3.63) is 46.3 Å². The van der Waals surface area contributed by atoms with Crippen molar-refractivity contribution in [3.8, 4) is 10.4 Å². The highest BCUT2D eigenvalue weighted by Crippen LogP contribution is 2.39. The first kappa shape index (κ1) is 10.5. The second-order valence-electron chi connectivity index (χ2n) is 4.29. The van der Waals surface area contributed by atoms with Gasteiger partial charge in [0, 0.05) is 9.75 Å². The van der Waals surface area contributed by atoms with E-state index in [-0.39, 0.29) is 6.42 Å². The van der Waals surface area contributed by atoms with Crippen molar-refractivity contribution < 1.29 is 9.90 Å². The van der Waals surface area contributed by atoms with Gasteiger partial charge in [0.15, 0.2) is 0 Å². The second-order valence-corrected chi connectivity index (χ2v) is 5.43. The van der Waals surface area contributed by atoms with E-state index in [0.29, 0.717) is 0 Å². The van der Waals surface area contributed by atoms with Gasteiger partial charge in [-0.2, -0.15) is 0 Å². The minimum absolute atomic E-state index is 0.139. The van der Waals surface area contributed by atoms with Crippen molar-refractivity contribution in [3.63, 3.8) is 0 Å². The van der Waals surface area contributed by atoms with Gasteiger partial charge in [-0.3, -0.25) is 4.79 Å².